The lowest BCUT2D eigenvalue weighted by atomic mass is 10.3. The van der Waals surface area contributed by atoms with Crippen LogP contribution in [-0.4, -0.2) is 22.9 Å². The van der Waals surface area contributed by atoms with Gasteiger partial charge in [-0.2, -0.15) is 0 Å². The molecule has 5 nitrogen and oxygen atoms in total. The molecule has 0 heterocycles. The fourth-order valence-corrected chi connectivity index (χ4v) is 0.470. The smallest absolute Gasteiger partial charge is 0.312 e. The normalized spacial score (nSPS) is 9.08. The third-order valence-corrected chi connectivity index (χ3v) is 1.10. The number of esters is 1. The summed E-state index contributed by atoms with van der Waals surface area (Å²) in [6.07, 6.45) is -0.105. The molecule has 68 valence electrons. The van der Waals surface area contributed by atoms with Crippen LogP contribution in [0.5, 0.6) is 0 Å². The standard InChI is InChI=1S/C7H11NO4/c1-2-5(8)12-7(11)4-3-6(9)10/h8H,2-4H2,1H3,(H,9,10). The molecule has 0 spiro atoms. The first-order valence-electron chi connectivity index (χ1n) is 3.56. The number of carboxylic acid groups (broad SMARTS) is 1. The predicted octanol–water partition coefficient (Wildman–Crippen LogP) is 0.782. The minimum atomic E-state index is -1.05. The Balaban J connectivity index is 3.60. The average molecular weight is 173 g/mol. The Morgan fingerprint density at radius 3 is 2.42 bits per heavy atom. The third kappa shape index (κ3) is 5.40. The first kappa shape index (κ1) is 10.6. The quantitative estimate of drug-likeness (QED) is 0.373. The zero-order chi connectivity index (χ0) is 9.56. The fourth-order valence-electron chi connectivity index (χ4n) is 0.470. The van der Waals surface area contributed by atoms with Crippen LogP contribution >= 0.6 is 0 Å². The minimum Gasteiger partial charge on any atom is -0.481 e. The number of carbonyl (C=O) groups excluding carboxylic acids is 1. The van der Waals surface area contributed by atoms with Crippen molar-refractivity contribution in [3.8, 4) is 0 Å². The monoisotopic (exact) mass is 173 g/mol. The van der Waals surface area contributed by atoms with E-state index < -0.39 is 11.9 Å². The highest BCUT2D eigenvalue weighted by Gasteiger charge is 2.07. The Labute approximate surface area is 69.8 Å². The summed E-state index contributed by atoms with van der Waals surface area (Å²) in [4.78, 5) is 20.7. The van der Waals surface area contributed by atoms with E-state index in [1.165, 1.54) is 0 Å². The third-order valence-electron chi connectivity index (χ3n) is 1.10. The molecular weight excluding hydrogens is 162 g/mol. The summed E-state index contributed by atoms with van der Waals surface area (Å²) in [6, 6.07) is 0. The Morgan fingerprint density at radius 1 is 1.42 bits per heavy atom. The van der Waals surface area contributed by atoms with Gasteiger partial charge in [0.2, 0.25) is 0 Å². The van der Waals surface area contributed by atoms with E-state index in [2.05, 4.69) is 4.74 Å². The number of aliphatic carboxylic acids is 1. The molecule has 0 bridgehead atoms. The van der Waals surface area contributed by atoms with Crippen LogP contribution in [0, 0.1) is 5.41 Å². The SMILES string of the molecule is CCC(=N)OC(=O)CCC(=O)O. The van der Waals surface area contributed by atoms with E-state index in [1.807, 2.05) is 0 Å². The van der Waals surface area contributed by atoms with Crippen LogP contribution in [0.4, 0.5) is 0 Å². The van der Waals surface area contributed by atoms with Crippen molar-refractivity contribution in [3.05, 3.63) is 0 Å². The molecule has 0 aliphatic heterocycles. The largest absolute Gasteiger partial charge is 0.481 e. The molecule has 0 aliphatic carbocycles. The number of carboxylic acids is 1. The van der Waals surface area contributed by atoms with Crippen LogP contribution in [0.25, 0.3) is 0 Å². The van der Waals surface area contributed by atoms with Crippen LogP contribution in [0.2, 0.25) is 0 Å². The fraction of sp³-hybridized carbons (Fsp3) is 0.571. The molecule has 2 N–H and O–H groups in total. The summed E-state index contributed by atoms with van der Waals surface area (Å²) >= 11 is 0. The van der Waals surface area contributed by atoms with Crippen molar-refractivity contribution in [3.63, 3.8) is 0 Å². The number of ether oxygens (including phenoxy) is 1. The number of hydrogen-bond acceptors (Lipinski definition) is 4. The summed E-state index contributed by atoms with van der Waals surface area (Å²) in [6.45, 7) is 1.67. The minimum absolute atomic E-state index is 0.134. The van der Waals surface area contributed by atoms with Gasteiger partial charge in [-0.15, -0.1) is 0 Å². The van der Waals surface area contributed by atoms with Gasteiger partial charge < -0.3 is 9.84 Å². The average Bonchev–Trinajstić information content (AvgIpc) is 2.00. The van der Waals surface area contributed by atoms with Crippen LogP contribution in [0.15, 0.2) is 0 Å². The lowest BCUT2D eigenvalue weighted by Crippen LogP contribution is -2.11. The molecule has 0 aromatic heterocycles. The van der Waals surface area contributed by atoms with Gasteiger partial charge in [0.1, 0.15) is 0 Å². The van der Waals surface area contributed by atoms with E-state index in [9.17, 15) is 9.59 Å². The number of nitrogens with one attached hydrogen (secondary N) is 1. The Hall–Kier alpha value is -1.39. The topological polar surface area (TPSA) is 87.5 Å². The van der Waals surface area contributed by atoms with Crippen molar-refractivity contribution in [2.45, 2.75) is 26.2 Å². The summed E-state index contributed by atoms with van der Waals surface area (Å²) in [7, 11) is 0. The second-order valence-electron chi connectivity index (χ2n) is 2.14. The summed E-state index contributed by atoms with van der Waals surface area (Å²) in [5, 5.41) is 15.2. The zero-order valence-corrected chi connectivity index (χ0v) is 6.79. The van der Waals surface area contributed by atoms with E-state index in [-0.39, 0.29) is 18.7 Å². The van der Waals surface area contributed by atoms with E-state index in [0.717, 1.165) is 0 Å². The van der Waals surface area contributed by atoms with Gasteiger partial charge in [0.15, 0.2) is 5.90 Å². The maximum atomic E-state index is 10.7. The van der Waals surface area contributed by atoms with Crippen LogP contribution in [0.1, 0.15) is 26.2 Å². The molecular formula is C7H11NO4. The van der Waals surface area contributed by atoms with Crippen LogP contribution in [0.3, 0.4) is 0 Å². The van der Waals surface area contributed by atoms with Crippen LogP contribution < -0.4 is 0 Å². The molecule has 0 aromatic carbocycles. The van der Waals surface area contributed by atoms with E-state index in [0.29, 0.717) is 6.42 Å². The molecule has 0 aliphatic rings. The molecule has 0 rings (SSSR count). The van der Waals surface area contributed by atoms with Gasteiger partial charge in [-0.05, 0) is 0 Å². The second-order valence-corrected chi connectivity index (χ2v) is 2.14. The Kier molecular flexibility index (Phi) is 4.67. The van der Waals surface area contributed by atoms with E-state index in [4.69, 9.17) is 10.5 Å². The van der Waals surface area contributed by atoms with Gasteiger partial charge in [-0.25, -0.2) is 0 Å². The first-order valence-corrected chi connectivity index (χ1v) is 3.56. The predicted molar refractivity (Wildman–Crippen MR) is 41.0 cm³/mol. The Bertz CT molecular complexity index is 200. The molecule has 0 unspecified atom stereocenters. The second kappa shape index (κ2) is 5.29. The first-order chi connectivity index (χ1) is 5.56. The molecule has 0 saturated heterocycles. The van der Waals surface area contributed by atoms with Crippen molar-refractivity contribution < 1.29 is 19.4 Å². The van der Waals surface area contributed by atoms with Crippen molar-refractivity contribution in [1.29, 1.82) is 5.41 Å². The van der Waals surface area contributed by atoms with Gasteiger partial charge in [0, 0.05) is 6.42 Å². The van der Waals surface area contributed by atoms with Gasteiger partial charge in [-0.3, -0.25) is 15.0 Å². The van der Waals surface area contributed by atoms with Gasteiger partial charge >= 0.3 is 11.9 Å². The molecule has 12 heavy (non-hydrogen) atoms. The highest BCUT2D eigenvalue weighted by atomic mass is 16.5. The van der Waals surface area contributed by atoms with Crippen molar-refractivity contribution >= 4 is 17.8 Å². The molecule has 0 amide bonds. The summed E-state index contributed by atoms with van der Waals surface area (Å²) in [5.74, 6) is -1.84. The van der Waals surface area contributed by atoms with Crippen molar-refractivity contribution in [2.24, 2.45) is 0 Å². The molecule has 5 heteroatoms. The molecule has 0 atom stereocenters. The zero-order valence-electron chi connectivity index (χ0n) is 6.79. The van der Waals surface area contributed by atoms with Gasteiger partial charge in [0.05, 0.1) is 12.8 Å². The van der Waals surface area contributed by atoms with Crippen molar-refractivity contribution in [1.82, 2.24) is 0 Å². The van der Waals surface area contributed by atoms with Gasteiger partial charge in [-0.1, -0.05) is 6.92 Å². The molecule has 0 aromatic rings. The highest BCUT2D eigenvalue weighted by molar-refractivity contribution is 5.88. The van der Waals surface area contributed by atoms with Crippen LogP contribution in [-0.2, 0) is 14.3 Å². The number of carbonyl (C=O) groups is 2. The van der Waals surface area contributed by atoms with Gasteiger partial charge in [0.25, 0.3) is 0 Å². The Morgan fingerprint density at radius 2 is 2.00 bits per heavy atom. The maximum Gasteiger partial charge on any atom is 0.312 e. The lowest BCUT2D eigenvalue weighted by Gasteiger charge is -2.00. The van der Waals surface area contributed by atoms with E-state index >= 15 is 0 Å². The maximum absolute atomic E-state index is 10.7. The summed E-state index contributed by atoms with van der Waals surface area (Å²) in [5.41, 5.74) is 0. The lowest BCUT2D eigenvalue weighted by molar-refractivity contribution is -0.142. The van der Waals surface area contributed by atoms with Crippen molar-refractivity contribution in [2.75, 3.05) is 0 Å². The number of rotatable bonds is 4. The van der Waals surface area contributed by atoms with E-state index in [1.54, 1.807) is 6.92 Å². The molecule has 0 fully saturated rings. The molecule has 0 saturated carbocycles. The summed E-state index contributed by atoms with van der Waals surface area (Å²) < 4.78 is 4.43. The molecule has 0 radical (unpaired) electrons. The highest BCUT2D eigenvalue weighted by Crippen LogP contribution is 1.94. The number of hydrogen-bond donors (Lipinski definition) is 2.